The van der Waals surface area contributed by atoms with Crippen LogP contribution in [0.25, 0.3) is 10.9 Å². The van der Waals surface area contributed by atoms with Gasteiger partial charge in [-0.25, -0.2) is 0 Å². The lowest BCUT2D eigenvalue weighted by Crippen LogP contribution is -2.24. The molecule has 0 saturated carbocycles. The summed E-state index contributed by atoms with van der Waals surface area (Å²) in [7, 11) is 1.74. The van der Waals surface area contributed by atoms with Gasteiger partial charge in [-0.1, -0.05) is 0 Å². The lowest BCUT2D eigenvalue weighted by Gasteiger charge is -2.04. The van der Waals surface area contributed by atoms with Crippen LogP contribution in [-0.2, 0) is 4.79 Å². The Bertz CT molecular complexity index is 475. The highest BCUT2D eigenvalue weighted by Gasteiger charge is 2.01. The molecular weight excluding hydrogens is 190 g/mol. The van der Waals surface area contributed by atoms with Gasteiger partial charge in [-0.15, -0.1) is 0 Å². The third-order valence-corrected chi connectivity index (χ3v) is 2.17. The fraction of sp³-hybridized carbons (Fsp3) is 0.182. The number of anilines is 1. The number of hydrogen-bond donors (Lipinski definition) is 3. The van der Waals surface area contributed by atoms with Crippen LogP contribution in [0.5, 0.6) is 0 Å². The van der Waals surface area contributed by atoms with Gasteiger partial charge in [-0.2, -0.15) is 0 Å². The van der Waals surface area contributed by atoms with E-state index in [-0.39, 0.29) is 5.91 Å². The lowest BCUT2D eigenvalue weighted by molar-refractivity contribution is -0.115. The Hall–Kier alpha value is -1.81. The van der Waals surface area contributed by atoms with Crippen LogP contribution in [0.3, 0.4) is 0 Å². The third-order valence-electron chi connectivity index (χ3n) is 2.17. The van der Waals surface area contributed by atoms with Crippen molar-refractivity contribution < 1.29 is 4.79 Å². The molecule has 0 fully saturated rings. The molecule has 3 N–H and O–H groups in total. The topological polar surface area (TPSA) is 56.9 Å². The molecule has 0 unspecified atom stereocenters. The van der Waals surface area contributed by atoms with Crippen LogP contribution in [0.1, 0.15) is 0 Å². The minimum absolute atomic E-state index is 0.0348. The predicted octanol–water partition coefficient (Wildman–Crippen LogP) is 1.33. The van der Waals surface area contributed by atoms with Crippen molar-refractivity contribution >= 4 is 22.5 Å². The number of hydrogen-bond acceptors (Lipinski definition) is 2. The Labute approximate surface area is 87.7 Å². The Kier molecular flexibility index (Phi) is 2.69. The molecule has 4 heteroatoms. The van der Waals surface area contributed by atoms with E-state index in [2.05, 4.69) is 15.6 Å². The van der Waals surface area contributed by atoms with Crippen LogP contribution in [0, 0.1) is 0 Å². The van der Waals surface area contributed by atoms with Gasteiger partial charge in [-0.05, 0) is 31.3 Å². The summed E-state index contributed by atoms with van der Waals surface area (Å²) in [6.45, 7) is 0.325. The van der Waals surface area contributed by atoms with Gasteiger partial charge in [-0.3, -0.25) is 4.79 Å². The van der Waals surface area contributed by atoms with Crippen molar-refractivity contribution in [3.8, 4) is 0 Å². The summed E-state index contributed by atoms with van der Waals surface area (Å²) in [5.41, 5.74) is 1.89. The number of aromatic nitrogens is 1. The second-order valence-electron chi connectivity index (χ2n) is 3.36. The SMILES string of the molecule is CNCC(=O)Nc1ccc2[nH]ccc2c1. The molecule has 0 radical (unpaired) electrons. The summed E-state index contributed by atoms with van der Waals surface area (Å²) in [6.07, 6.45) is 1.88. The first-order valence-corrected chi connectivity index (χ1v) is 4.81. The zero-order valence-electron chi connectivity index (χ0n) is 8.50. The van der Waals surface area contributed by atoms with E-state index in [1.54, 1.807) is 7.05 Å². The van der Waals surface area contributed by atoms with Gasteiger partial charge < -0.3 is 15.6 Å². The number of rotatable bonds is 3. The summed E-state index contributed by atoms with van der Waals surface area (Å²) in [5.74, 6) is -0.0348. The summed E-state index contributed by atoms with van der Waals surface area (Å²) < 4.78 is 0. The number of fused-ring (bicyclic) bond motifs is 1. The van der Waals surface area contributed by atoms with Gasteiger partial charge in [0.2, 0.25) is 5.91 Å². The van der Waals surface area contributed by atoms with E-state index in [0.717, 1.165) is 16.6 Å². The summed E-state index contributed by atoms with van der Waals surface area (Å²) in [6, 6.07) is 7.75. The number of likely N-dealkylation sites (N-methyl/N-ethyl adjacent to an activating group) is 1. The average molecular weight is 203 g/mol. The monoisotopic (exact) mass is 203 g/mol. The molecule has 0 spiro atoms. The molecule has 0 saturated heterocycles. The van der Waals surface area contributed by atoms with Crippen molar-refractivity contribution in [2.75, 3.05) is 18.9 Å². The molecule has 0 bridgehead atoms. The molecule has 0 aliphatic rings. The third kappa shape index (κ3) is 2.16. The Morgan fingerprint density at radius 1 is 1.40 bits per heavy atom. The first-order chi connectivity index (χ1) is 7.29. The van der Waals surface area contributed by atoms with Crippen LogP contribution in [-0.4, -0.2) is 24.5 Å². The summed E-state index contributed by atoms with van der Waals surface area (Å²) in [4.78, 5) is 14.4. The Morgan fingerprint density at radius 2 is 2.27 bits per heavy atom. The van der Waals surface area contributed by atoms with Gasteiger partial charge in [0.1, 0.15) is 0 Å². The van der Waals surface area contributed by atoms with Crippen LogP contribution < -0.4 is 10.6 Å². The molecule has 0 atom stereocenters. The highest BCUT2D eigenvalue weighted by atomic mass is 16.1. The van der Waals surface area contributed by atoms with Crippen LogP contribution in [0.2, 0.25) is 0 Å². The van der Waals surface area contributed by atoms with Gasteiger partial charge in [0, 0.05) is 22.8 Å². The predicted molar refractivity (Wildman–Crippen MR) is 60.9 cm³/mol. The first-order valence-electron chi connectivity index (χ1n) is 4.81. The maximum atomic E-state index is 11.3. The molecule has 2 rings (SSSR count). The Balaban J connectivity index is 2.17. The number of nitrogens with one attached hydrogen (secondary N) is 3. The molecule has 1 amide bonds. The van der Waals surface area contributed by atoms with E-state index in [9.17, 15) is 4.79 Å². The van der Waals surface area contributed by atoms with E-state index in [1.807, 2.05) is 30.5 Å². The van der Waals surface area contributed by atoms with Gasteiger partial charge in [0.15, 0.2) is 0 Å². The number of benzene rings is 1. The number of amides is 1. The maximum absolute atomic E-state index is 11.3. The lowest BCUT2D eigenvalue weighted by atomic mass is 10.2. The van der Waals surface area contributed by atoms with Gasteiger partial charge in [0.25, 0.3) is 0 Å². The second kappa shape index (κ2) is 4.14. The summed E-state index contributed by atoms with van der Waals surface area (Å²) in [5, 5.41) is 6.71. The number of carbonyl (C=O) groups is 1. The average Bonchev–Trinajstić information content (AvgIpc) is 2.65. The normalized spacial score (nSPS) is 10.5. The standard InChI is InChI=1S/C11H13N3O/c1-12-7-11(15)14-9-2-3-10-8(6-9)4-5-13-10/h2-6,12-13H,7H2,1H3,(H,14,15). The Morgan fingerprint density at radius 3 is 3.07 bits per heavy atom. The highest BCUT2D eigenvalue weighted by molar-refractivity contribution is 5.94. The van der Waals surface area contributed by atoms with E-state index >= 15 is 0 Å². The van der Waals surface area contributed by atoms with E-state index in [1.165, 1.54) is 0 Å². The molecule has 1 aromatic heterocycles. The maximum Gasteiger partial charge on any atom is 0.238 e. The van der Waals surface area contributed by atoms with Crippen LogP contribution in [0.15, 0.2) is 30.5 Å². The fourth-order valence-corrected chi connectivity index (χ4v) is 1.50. The van der Waals surface area contributed by atoms with Crippen molar-refractivity contribution in [1.29, 1.82) is 0 Å². The molecule has 1 heterocycles. The number of carbonyl (C=O) groups excluding carboxylic acids is 1. The van der Waals surface area contributed by atoms with Crippen molar-refractivity contribution in [2.24, 2.45) is 0 Å². The number of H-pyrrole nitrogens is 1. The molecule has 0 aliphatic carbocycles. The number of aromatic amines is 1. The van der Waals surface area contributed by atoms with Crippen molar-refractivity contribution in [3.63, 3.8) is 0 Å². The van der Waals surface area contributed by atoms with E-state index < -0.39 is 0 Å². The minimum atomic E-state index is -0.0348. The molecule has 1 aromatic carbocycles. The zero-order valence-corrected chi connectivity index (χ0v) is 8.50. The van der Waals surface area contributed by atoms with Crippen molar-refractivity contribution in [1.82, 2.24) is 10.3 Å². The highest BCUT2D eigenvalue weighted by Crippen LogP contribution is 2.17. The van der Waals surface area contributed by atoms with Crippen LogP contribution in [0.4, 0.5) is 5.69 Å². The smallest absolute Gasteiger partial charge is 0.238 e. The zero-order chi connectivity index (χ0) is 10.7. The molecule has 15 heavy (non-hydrogen) atoms. The molecular formula is C11H13N3O. The fourth-order valence-electron chi connectivity index (χ4n) is 1.50. The van der Waals surface area contributed by atoms with Crippen molar-refractivity contribution in [2.45, 2.75) is 0 Å². The molecule has 2 aromatic rings. The quantitative estimate of drug-likeness (QED) is 0.704. The second-order valence-corrected chi connectivity index (χ2v) is 3.36. The molecule has 0 aliphatic heterocycles. The largest absolute Gasteiger partial charge is 0.361 e. The molecule has 78 valence electrons. The minimum Gasteiger partial charge on any atom is -0.361 e. The first kappa shape index (κ1) is 9.73. The molecule has 4 nitrogen and oxygen atoms in total. The van der Waals surface area contributed by atoms with Crippen molar-refractivity contribution in [3.05, 3.63) is 30.5 Å². The summed E-state index contributed by atoms with van der Waals surface area (Å²) >= 11 is 0. The van der Waals surface area contributed by atoms with Gasteiger partial charge in [0.05, 0.1) is 6.54 Å². The van der Waals surface area contributed by atoms with Crippen LogP contribution >= 0.6 is 0 Å². The van der Waals surface area contributed by atoms with E-state index in [0.29, 0.717) is 6.54 Å². The van der Waals surface area contributed by atoms with Gasteiger partial charge >= 0.3 is 0 Å². The van der Waals surface area contributed by atoms with E-state index in [4.69, 9.17) is 0 Å².